The van der Waals surface area contributed by atoms with Crippen LogP contribution in [0.4, 0.5) is 0 Å². The minimum Gasteiger partial charge on any atom is -0.742 e. The van der Waals surface area contributed by atoms with Crippen LogP contribution in [-0.4, -0.2) is 17.0 Å². The van der Waals surface area contributed by atoms with E-state index >= 15 is 0 Å². The van der Waals surface area contributed by atoms with Gasteiger partial charge in [0.05, 0.1) is 0 Å². The monoisotopic (exact) mass is 241 g/mol. The fourth-order valence-corrected chi connectivity index (χ4v) is 2.48. The quantitative estimate of drug-likeness (QED) is 0.597. The summed E-state index contributed by atoms with van der Waals surface area (Å²) in [4.78, 5) is 27.7. The van der Waals surface area contributed by atoms with Crippen LogP contribution in [-0.2, 0) is 22.2 Å². The lowest BCUT2D eigenvalue weighted by molar-refractivity contribution is -0.145. The molecule has 0 spiro atoms. The number of hydrogen-bond acceptors (Lipinski definition) is 3. The second-order valence-corrected chi connectivity index (χ2v) is 4.58. The van der Waals surface area contributed by atoms with Crippen molar-refractivity contribution < 1.29 is 9.59 Å². The Morgan fingerprint density at radius 3 is 2.50 bits per heavy atom. The molecule has 0 saturated heterocycles. The molecule has 0 bridgehead atoms. The molecule has 90 valence electrons. The highest BCUT2D eigenvalue weighted by Crippen LogP contribution is 2.37. The molecule has 0 aromatic carbocycles. The summed E-state index contributed by atoms with van der Waals surface area (Å²) in [5, 5.41) is 2.48. The third-order valence-corrected chi connectivity index (χ3v) is 3.52. The second-order valence-electron chi connectivity index (χ2n) is 4.19. The zero-order valence-electron chi connectivity index (χ0n) is 9.87. The lowest BCUT2D eigenvalue weighted by atomic mass is 9.70. The van der Waals surface area contributed by atoms with Crippen molar-refractivity contribution in [3.63, 3.8) is 0 Å². The number of nitrogens with one attached hydrogen (secondary N) is 1. The third kappa shape index (κ3) is 1.96. The molecule has 2 atom stereocenters. The lowest BCUT2D eigenvalue weighted by Crippen LogP contribution is -2.55. The van der Waals surface area contributed by atoms with Gasteiger partial charge in [0.25, 0.3) is 5.91 Å². The van der Waals surface area contributed by atoms with Crippen LogP contribution in [0, 0.1) is 11.3 Å². The van der Waals surface area contributed by atoms with Gasteiger partial charge in [0.15, 0.2) is 0 Å². The molecule has 1 aliphatic heterocycles. The van der Waals surface area contributed by atoms with Gasteiger partial charge >= 0.3 is 0 Å². The van der Waals surface area contributed by atoms with Crippen molar-refractivity contribution in [2.45, 2.75) is 40.0 Å². The Morgan fingerprint density at radius 1 is 1.44 bits per heavy atom. The lowest BCUT2D eigenvalue weighted by Gasteiger charge is -2.38. The van der Waals surface area contributed by atoms with Crippen molar-refractivity contribution in [2.75, 3.05) is 0 Å². The van der Waals surface area contributed by atoms with Gasteiger partial charge in [-0.2, -0.15) is 0 Å². The fourth-order valence-electron chi connectivity index (χ4n) is 2.30. The number of carbonyl (C=O) groups excluding carboxylic acids is 2. The molecule has 0 aromatic rings. The van der Waals surface area contributed by atoms with Crippen molar-refractivity contribution in [2.24, 2.45) is 16.3 Å². The first kappa shape index (κ1) is 13.1. The summed E-state index contributed by atoms with van der Waals surface area (Å²) in [5.74, 6) is -0.687. The van der Waals surface area contributed by atoms with Crippen molar-refractivity contribution >= 4 is 29.6 Å². The number of hydrogen-bond donors (Lipinski definition) is 1. The molecule has 2 unspecified atom stereocenters. The van der Waals surface area contributed by atoms with Crippen molar-refractivity contribution in [1.29, 1.82) is 0 Å². The minimum absolute atomic E-state index is 0.0113. The van der Waals surface area contributed by atoms with E-state index in [1.54, 1.807) is 0 Å². The zero-order valence-corrected chi connectivity index (χ0v) is 10.7. The highest BCUT2D eigenvalue weighted by Gasteiger charge is 2.49. The Kier molecular flexibility index (Phi) is 4.02. The highest BCUT2D eigenvalue weighted by atomic mass is 32.1. The fraction of sp³-hybridized carbons (Fsp3) is 0.727. The maximum absolute atomic E-state index is 12.0. The average Bonchev–Trinajstić information content (AvgIpc) is 2.18. The molecule has 0 radical (unpaired) electrons. The first-order valence-electron chi connectivity index (χ1n) is 5.60. The van der Waals surface area contributed by atoms with E-state index in [1.165, 1.54) is 0 Å². The predicted molar refractivity (Wildman–Crippen MR) is 64.7 cm³/mol. The Balaban J connectivity index is 3.11. The van der Waals surface area contributed by atoms with Crippen LogP contribution in [0.3, 0.4) is 0 Å². The standard InChI is InChI=1S/C11H18N2O2S/c1-4-6-7(3)11(5-2)8(14)12-10(16)13-9(11)15/h7H,4-6H2,1-3H3,(H2,12,13,14,15,16)/p-1. The topological polar surface area (TPSA) is 58.5 Å². The van der Waals surface area contributed by atoms with Crippen LogP contribution >= 0.6 is 0 Å². The Labute approximate surface area is 101 Å². The normalized spacial score (nSPS) is 27.3. The van der Waals surface area contributed by atoms with Crippen LogP contribution in [0.2, 0.25) is 0 Å². The molecule has 0 saturated carbocycles. The maximum atomic E-state index is 12.0. The average molecular weight is 241 g/mol. The molecule has 1 aliphatic rings. The number of rotatable bonds is 4. The summed E-state index contributed by atoms with van der Waals surface area (Å²) in [5.41, 5.74) is -1.02. The Morgan fingerprint density at radius 2 is 2.06 bits per heavy atom. The number of aliphatic imine (C=N–C) groups is 1. The van der Waals surface area contributed by atoms with Gasteiger partial charge < -0.3 is 17.9 Å². The molecular weight excluding hydrogens is 224 g/mol. The second kappa shape index (κ2) is 4.91. The Bertz CT molecular complexity index is 341. The van der Waals surface area contributed by atoms with Crippen molar-refractivity contribution in [3.05, 3.63) is 0 Å². The van der Waals surface area contributed by atoms with Crippen molar-refractivity contribution in [1.82, 2.24) is 5.32 Å². The molecule has 0 aromatic heterocycles. The third-order valence-electron chi connectivity index (χ3n) is 3.33. The van der Waals surface area contributed by atoms with E-state index in [2.05, 4.69) is 10.3 Å². The van der Waals surface area contributed by atoms with Crippen LogP contribution in [0.5, 0.6) is 0 Å². The summed E-state index contributed by atoms with van der Waals surface area (Å²) in [6.07, 6.45) is 2.23. The number of amidine groups is 1. The maximum Gasteiger partial charge on any atom is 0.261 e. The first-order valence-corrected chi connectivity index (χ1v) is 6.01. The van der Waals surface area contributed by atoms with Gasteiger partial charge in [0, 0.05) is 0 Å². The minimum atomic E-state index is -1.02. The predicted octanol–water partition coefficient (Wildman–Crippen LogP) is 1.38. The van der Waals surface area contributed by atoms with Gasteiger partial charge in [-0.3, -0.25) is 9.59 Å². The smallest absolute Gasteiger partial charge is 0.261 e. The molecule has 1 heterocycles. The van der Waals surface area contributed by atoms with Gasteiger partial charge in [0.2, 0.25) is 5.91 Å². The largest absolute Gasteiger partial charge is 0.742 e. The zero-order chi connectivity index (χ0) is 12.3. The van der Waals surface area contributed by atoms with Crippen LogP contribution in [0.25, 0.3) is 0 Å². The highest BCUT2D eigenvalue weighted by molar-refractivity contribution is 7.77. The molecule has 16 heavy (non-hydrogen) atoms. The number of amides is 2. The van der Waals surface area contributed by atoms with Gasteiger partial charge in [-0.05, 0) is 23.9 Å². The molecule has 5 heteroatoms. The summed E-state index contributed by atoms with van der Waals surface area (Å²) in [7, 11) is 0. The molecule has 2 amide bonds. The van der Waals surface area contributed by atoms with Crippen LogP contribution in [0.15, 0.2) is 4.99 Å². The van der Waals surface area contributed by atoms with E-state index in [-0.39, 0.29) is 22.9 Å². The summed E-state index contributed by atoms with van der Waals surface area (Å²) in [6.45, 7) is 5.80. The summed E-state index contributed by atoms with van der Waals surface area (Å²) < 4.78 is 0. The van der Waals surface area contributed by atoms with E-state index in [0.717, 1.165) is 12.8 Å². The molecule has 0 aliphatic carbocycles. The van der Waals surface area contributed by atoms with Gasteiger partial charge in [0.1, 0.15) is 5.41 Å². The van der Waals surface area contributed by atoms with E-state index in [4.69, 9.17) is 12.6 Å². The SMILES string of the molecule is CCCC(C)C1(CC)C(=O)N=C([S-])NC1=O. The molecule has 1 rings (SSSR count). The number of nitrogens with zero attached hydrogens (tertiary/aromatic N) is 1. The molecule has 1 N–H and O–H groups in total. The van der Waals surface area contributed by atoms with Gasteiger partial charge in [-0.25, -0.2) is 4.99 Å². The van der Waals surface area contributed by atoms with E-state index < -0.39 is 5.41 Å². The van der Waals surface area contributed by atoms with Gasteiger partial charge in [-0.15, -0.1) is 0 Å². The van der Waals surface area contributed by atoms with E-state index in [9.17, 15) is 9.59 Å². The summed E-state index contributed by atoms with van der Waals surface area (Å²) >= 11 is 4.74. The number of carbonyl (C=O) groups is 2. The van der Waals surface area contributed by atoms with Crippen molar-refractivity contribution in [3.8, 4) is 0 Å². The summed E-state index contributed by atoms with van der Waals surface area (Å²) in [6, 6.07) is 0. The van der Waals surface area contributed by atoms with Crippen LogP contribution in [0.1, 0.15) is 40.0 Å². The van der Waals surface area contributed by atoms with E-state index in [0.29, 0.717) is 6.42 Å². The molecule has 0 fully saturated rings. The van der Waals surface area contributed by atoms with Crippen LogP contribution < -0.4 is 5.32 Å². The molecular formula is C11H17N2O2S-. The molecule has 4 nitrogen and oxygen atoms in total. The van der Waals surface area contributed by atoms with E-state index in [1.807, 2.05) is 20.8 Å². The first-order chi connectivity index (χ1) is 7.48. The Hall–Kier alpha value is -0.970. The van der Waals surface area contributed by atoms with Gasteiger partial charge in [-0.1, -0.05) is 27.2 Å².